The van der Waals surface area contributed by atoms with Gasteiger partial charge in [0.15, 0.2) is 5.82 Å². The maximum Gasteiger partial charge on any atom is 0.160 e. The van der Waals surface area contributed by atoms with Crippen LogP contribution in [0, 0.1) is 0 Å². The first-order chi connectivity index (χ1) is 27.8. The van der Waals surface area contributed by atoms with Gasteiger partial charge >= 0.3 is 0 Å². The molecule has 11 aromatic rings. The number of hydrogen-bond donors (Lipinski definition) is 0. The van der Waals surface area contributed by atoms with Crippen LogP contribution >= 0.6 is 11.3 Å². The van der Waals surface area contributed by atoms with Crippen molar-refractivity contribution in [2.75, 3.05) is 0 Å². The van der Waals surface area contributed by atoms with Gasteiger partial charge in [0, 0.05) is 37.5 Å². The third-order valence-corrected chi connectivity index (χ3v) is 11.9. The largest absolute Gasteiger partial charge is 0.455 e. The predicted molar refractivity (Wildman–Crippen MR) is 235 cm³/mol. The summed E-state index contributed by atoms with van der Waals surface area (Å²) in [5.74, 6) is 0.703. The van der Waals surface area contributed by atoms with E-state index in [1.165, 1.54) is 4.70 Å². The lowest BCUT2D eigenvalue weighted by molar-refractivity contribution is 0.670. The zero-order valence-corrected chi connectivity index (χ0v) is 31.0. The standard InChI is InChI=1S/C52H32N2OS/c1-4-16-33(17-5-1)38-31-43(47(34-18-6-2-7-19-34)44(32-38)41-27-15-26-40-39-24-10-12-28-45(39)55-50(40)41)36-22-14-23-37(30-36)52-53-48(35-20-8-3-9-21-35)51-49(54-52)42-25-11-13-29-46(42)56-51/h1-32H. The van der Waals surface area contributed by atoms with Gasteiger partial charge in [-0.3, -0.25) is 0 Å². The normalized spacial score (nSPS) is 11.6. The zero-order chi connectivity index (χ0) is 37.0. The van der Waals surface area contributed by atoms with Crippen LogP contribution in [0.5, 0.6) is 0 Å². The molecule has 0 fully saturated rings. The molecule has 0 radical (unpaired) electrons. The zero-order valence-electron chi connectivity index (χ0n) is 30.2. The fourth-order valence-electron chi connectivity index (χ4n) is 8.09. The number of hydrogen-bond acceptors (Lipinski definition) is 4. The van der Waals surface area contributed by atoms with E-state index in [-0.39, 0.29) is 0 Å². The second-order valence-electron chi connectivity index (χ2n) is 14.1. The van der Waals surface area contributed by atoms with E-state index in [1.807, 2.05) is 12.1 Å². The Hall–Kier alpha value is -7.14. The highest BCUT2D eigenvalue weighted by molar-refractivity contribution is 7.26. The van der Waals surface area contributed by atoms with E-state index < -0.39 is 0 Å². The minimum absolute atomic E-state index is 0.703. The van der Waals surface area contributed by atoms with Crippen molar-refractivity contribution in [3.8, 4) is 67.2 Å². The fourth-order valence-corrected chi connectivity index (χ4v) is 9.25. The molecule has 4 heteroatoms. The first kappa shape index (κ1) is 32.3. The van der Waals surface area contributed by atoms with E-state index >= 15 is 0 Å². The number of rotatable bonds is 6. The lowest BCUT2D eigenvalue weighted by Gasteiger charge is -2.19. The van der Waals surface area contributed by atoms with Crippen molar-refractivity contribution >= 4 is 53.6 Å². The molecule has 0 spiro atoms. The summed E-state index contributed by atoms with van der Waals surface area (Å²) >= 11 is 1.75. The van der Waals surface area contributed by atoms with Gasteiger partial charge in [-0.05, 0) is 69.3 Å². The summed E-state index contributed by atoms with van der Waals surface area (Å²) in [6.07, 6.45) is 0. The van der Waals surface area contributed by atoms with Gasteiger partial charge in [-0.2, -0.15) is 0 Å². The Kier molecular flexibility index (Phi) is 7.68. The van der Waals surface area contributed by atoms with E-state index in [9.17, 15) is 0 Å². The first-order valence-corrected chi connectivity index (χ1v) is 19.6. The molecule has 0 N–H and O–H groups in total. The molecule has 0 aliphatic carbocycles. The number of benzene rings is 8. The second kappa shape index (κ2) is 13.3. The quantitative estimate of drug-likeness (QED) is 0.171. The average Bonchev–Trinajstić information content (AvgIpc) is 3.85. The van der Waals surface area contributed by atoms with E-state index in [0.717, 1.165) is 98.9 Å². The Balaban J connectivity index is 1.19. The summed E-state index contributed by atoms with van der Waals surface area (Å²) in [6, 6.07) is 68.6. The highest BCUT2D eigenvalue weighted by Gasteiger charge is 2.22. The molecule has 8 aromatic carbocycles. The summed E-state index contributed by atoms with van der Waals surface area (Å²) in [5.41, 5.74) is 14.6. The van der Waals surface area contributed by atoms with E-state index in [1.54, 1.807) is 11.3 Å². The molecular weight excluding hydrogens is 701 g/mol. The van der Waals surface area contributed by atoms with Crippen LogP contribution in [0.1, 0.15) is 0 Å². The number of aromatic nitrogens is 2. The van der Waals surface area contributed by atoms with Gasteiger partial charge in [-0.25, -0.2) is 9.97 Å². The predicted octanol–water partition coefficient (Wildman–Crippen LogP) is 14.7. The molecule has 3 nitrogen and oxygen atoms in total. The monoisotopic (exact) mass is 732 g/mol. The molecule has 0 bridgehead atoms. The molecule has 0 saturated heterocycles. The molecule has 0 amide bonds. The van der Waals surface area contributed by atoms with Crippen molar-refractivity contribution in [1.82, 2.24) is 9.97 Å². The Morgan fingerprint density at radius 2 is 1.00 bits per heavy atom. The Morgan fingerprint density at radius 3 is 1.80 bits per heavy atom. The first-order valence-electron chi connectivity index (χ1n) is 18.8. The van der Waals surface area contributed by atoms with Crippen LogP contribution in [-0.4, -0.2) is 9.97 Å². The van der Waals surface area contributed by atoms with Gasteiger partial charge < -0.3 is 4.42 Å². The number of para-hydroxylation sites is 2. The van der Waals surface area contributed by atoms with Crippen LogP contribution in [0.3, 0.4) is 0 Å². The van der Waals surface area contributed by atoms with Crippen molar-refractivity contribution in [2.24, 2.45) is 0 Å². The number of nitrogens with zero attached hydrogens (tertiary/aromatic N) is 2. The van der Waals surface area contributed by atoms with Gasteiger partial charge in [0.1, 0.15) is 11.2 Å². The smallest absolute Gasteiger partial charge is 0.160 e. The van der Waals surface area contributed by atoms with Crippen LogP contribution in [-0.2, 0) is 0 Å². The lowest BCUT2D eigenvalue weighted by atomic mass is 9.84. The van der Waals surface area contributed by atoms with Crippen molar-refractivity contribution in [3.05, 3.63) is 194 Å². The van der Waals surface area contributed by atoms with E-state index in [0.29, 0.717) is 5.82 Å². The van der Waals surface area contributed by atoms with Gasteiger partial charge in [0.2, 0.25) is 0 Å². The third-order valence-electron chi connectivity index (χ3n) is 10.7. The van der Waals surface area contributed by atoms with Crippen molar-refractivity contribution in [3.63, 3.8) is 0 Å². The van der Waals surface area contributed by atoms with Crippen LogP contribution in [0.15, 0.2) is 199 Å². The average molecular weight is 733 g/mol. The highest BCUT2D eigenvalue weighted by atomic mass is 32.1. The summed E-state index contributed by atoms with van der Waals surface area (Å²) in [7, 11) is 0. The molecule has 0 aliphatic rings. The van der Waals surface area contributed by atoms with Crippen LogP contribution in [0.2, 0.25) is 0 Å². The van der Waals surface area contributed by atoms with Crippen molar-refractivity contribution < 1.29 is 4.42 Å². The van der Waals surface area contributed by atoms with Gasteiger partial charge in [0.25, 0.3) is 0 Å². The third kappa shape index (κ3) is 5.42. The molecule has 3 heterocycles. The second-order valence-corrected chi connectivity index (χ2v) is 15.1. The Morgan fingerprint density at radius 1 is 0.393 bits per heavy atom. The highest BCUT2D eigenvalue weighted by Crippen LogP contribution is 2.47. The van der Waals surface area contributed by atoms with Gasteiger partial charge in [-0.1, -0.05) is 164 Å². The summed E-state index contributed by atoms with van der Waals surface area (Å²) < 4.78 is 8.99. The Labute approximate surface area is 327 Å². The SMILES string of the molecule is c1ccc(-c2cc(-c3cccc(-c4nc(-c5ccccc5)c5sc6ccccc6c5n4)c3)c(-c3ccccc3)c(-c3cccc4c3oc3ccccc34)c2)cc1. The fraction of sp³-hybridized carbons (Fsp3) is 0. The molecule has 262 valence electrons. The maximum absolute atomic E-state index is 6.69. The van der Waals surface area contributed by atoms with Crippen LogP contribution < -0.4 is 0 Å². The van der Waals surface area contributed by atoms with E-state index in [2.05, 4.69) is 182 Å². The topological polar surface area (TPSA) is 38.9 Å². The summed E-state index contributed by atoms with van der Waals surface area (Å²) in [4.78, 5) is 10.6. The molecule has 0 unspecified atom stereocenters. The molecule has 3 aromatic heterocycles. The Bertz CT molecular complexity index is 3240. The van der Waals surface area contributed by atoms with Gasteiger partial charge in [0.05, 0.1) is 15.9 Å². The van der Waals surface area contributed by atoms with Crippen LogP contribution in [0.4, 0.5) is 0 Å². The number of furan rings is 1. The van der Waals surface area contributed by atoms with Crippen LogP contribution in [0.25, 0.3) is 109 Å². The molecule has 56 heavy (non-hydrogen) atoms. The minimum atomic E-state index is 0.703. The summed E-state index contributed by atoms with van der Waals surface area (Å²) in [5, 5.41) is 3.37. The molecular formula is C52H32N2OS. The molecule has 0 saturated carbocycles. The lowest BCUT2D eigenvalue weighted by Crippen LogP contribution is -1.95. The summed E-state index contributed by atoms with van der Waals surface area (Å²) in [6.45, 7) is 0. The van der Waals surface area contributed by atoms with Crippen molar-refractivity contribution in [1.29, 1.82) is 0 Å². The van der Waals surface area contributed by atoms with Gasteiger partial charge in [-0.15, -0.1) is 11.3 Å². The number of fused-ring (bicyclic) bond motifs is 6. The maximum atomic E-state index is 6.69. The molecule has 0 atom stereocenters. The molecule has 0 aliphatic heterocycles. The molecule has 11 rings (SSSR count). The van der Waals surface area contributed by atoms with E-state index in [4.69, 9.17) is 14.4 Å². The van der Waals surface area contributed by atoms with Crippen molar-refractivity contribution in [2.45, 2.75) is 0 Å². The minimum Gasteiger partial charge on any atom is -0.455 e. The number of thiophene rings is 1.